The first kappa shape index (κ1) is 24.1. The fourth-order valence-electron chi connectivity index (χ4n) is 4.97. The molecule has 1 fully saturated rings. The van der Waals surface area contributed by atoms with Crippen LogP contribution in [0, 0.1) is 0 Å². The molecule has 190 valence electrons. The smallest absolute Gasteiger partial charge is 0.383 e. The van der Waals surface area contributed by atoms with Crippen LogP contribution in [0.4, 0.5) is 23.8 Å². The molecule has 11 heteroatoms. The molecule has 0 saturated carbocycles. The molecule has 5 rings (SSSR count). The first-order valence-electron chi connectivity index (χ1n) is 11.9. The van der Waals surface area contributed by atoms with Gasteiger partial charge in [0.05, 0.1) is 42.7 Å². The number of rotatable bonds is 4. The van der Waals surface area contributed by atoms with Crippen molar-refractivity contribution in [3.63, 3.8) is 0 Å². The van der Waals surface area contributed by atoms with Gasteiger partial charge in [-0.05, 0) is 24.1 Å². The number of nitrogens with zero attached hydrogens (tertiary/aromatic N) is 4. The fraction of sp³-hybridized carbons (Fsp3) is 0.400. The molecule has 2 aliphatic heterocycles. The van der Waals surface area contributed by atoms with Gasteiger partial charge in [0, 0.05) is 24.7 Å². The lowest BCUT2D eigenvalue weighted by molar-refractivity contribution is -0.137. The van der Waals surface area contributed by atoms with E-state index in [9.17, 15) is 18.0 Å². The highest BCUT2D eigenvalue weighted by Crippen LogP contribution is 2.41. The molecule has 3 N–H and O–H groups in total. The van der Waals surface area contributed by atoms with Crippen LogP contribution >= 0.6 is 0 Å². The number of nitrogens with one attached hydrogen (secondary N) is 1. The molecule has 2 aliphatic rings. The maximum absolute atomic E-state index is 13.3. The lowest BCUT2D eigenvalue weighted by Crippen LogP contribution is -2.45. The van der Waals surface area contributed by atoms with E-state index in [2.05, 4.69) is 15.4 Å². The Labute approximate surface area is 206 Å². The second-order valence-corrected chi connectivity index (χ2v) is 9.13. The third-order valence-electron chi connectivity index (χ3n) is 6.87. The third-order valence-corrected chi connectivity index (χ3v) is 6.87. The maximum atomic E-state index is 13.3. The van der Waals surface area contributed by atoms with Gasteiger partial charge in [0.15, 0.2) is 0 Å². The molecule has 1 saturated heterocycles. The number of carbonyl (C=O) groups is 1. The zero-order chi connectivity index (χ0) is 25.5. The van der Waals surface area contributed by atoms with Crippen LogP contribution in [0.3, 0.4) is 0 Å². The number of fused-ring (bicyclic) bond motifs is 2. The summed E-state index contributed by atoms with van der Waals surface area (Å²) in [5, 5.41) is 7.64. The van der Waals surface area contributed by atoms with Crippen molar-refractivity contribution in [2.75, 3.05) is 25.4 Å². The molecule has 2 amide bonds. The van der Waals surface area contributed by atoms with Crippen molar-refractivity contribution in [3.8, 4) is 11.3 Å². The van der Waals surface area contributed by atoms with Crippen molar-refractivity contribution in [2.45, 2.75) is 44.1 Å². The van der Waals surface area contributed by atoms with E-state index in [-0.39, 0.29) is 17.6 Å². The number of nitrogen functional groups attached to an aromatic ring is 1. The normalized spacial score (nSPS) is 20.4. The number of aromatic nitrogens is 3. The van der Waals surface area contributed by atoms with Crippen LogP contribution < -0.4 is 11.1 Å². The van der Waals surface area contributed by atoms with Crippen molar-refractivity contribution >= 4 is 11.8 Å². The van der Waals surface area contributed by atoms with Crippen molar-refractivity contribution in [2.24, 2.45) is 0 Å². The SMILES string of the molecule is CC[C@@H](NC(=O)N1CCC2(C1)OCCn1nc(-c3cnc(N)c(C(F)(F)F)c3)cc12)c1ccccc1. The molecule has 0 bridgehead atoms. The van der Waals surface area contributed by atoms with Gasteiger partial charge in [-0.2, -0.15) is 18.3 Å². The Morgan fingerprint density at radius 1 is 1.25 bits per heavy atom. The van der Waals surface area contributed by atoms with E-state index in [0.717, 1.165) is 23.7 Å². The van der Waals surface area contributed by atoms with Crippen LogP contribution in [0.1, 0.15) is 42.6 Å². The molecule has 4 heterocycles. The number of anilines is 1. The van der Waals surface area contributed by atoms with Gasteiger partial charge in [-0.25, -0.2) is 9.78 Å². The number of urea groups is 1. The Bertz CT molecular complexity index is 1260. The van der Waals surface area contributed by atoms with Crippen molar-refractivity contribution in [1.29, 1.82) is 0 Å². The van der Waals surface area contributed by atoms with Gasteiger partial charge in [-0.1, -0.05) is 37.3 Å². The lowest BCUT2D eigenvalue weighted by atomic mass is 9.96. The average Bonchev–Trinajstić information content (AvgIpc) is 3.49. The standard InChI is InChI=1S/C25H27F3N6O2/c1-2-19(16-6-4-3-5-7-16)31-23(35)33-9-8-24(15-33)21-13-20(32-34(21)10-11-36-24)17-12-18(25(26,27)28)22(29)30-14-17/h3-7,12-14,19H,2,8-11,15H2,1H3,(H2,29,30)(H,31,35)/t19-,24?/m1/s1. The van der Waals surface area contributed by atoms with Crippen LogP contribution in [-0.4, -0.2) is 45.4 Å². The van der Waals surface area contributed by atoms with E-state index in [4.69, 9.17) is 10.5 Å². The van der Waals surface area contributed by atoms with Crippen molar-refractivity contribution in [3.05, 3.63) is 65.5 Å². The van der Waals surface area contributed by atoms with Crippen LogP contribution in [0.25, 0.3) is 11.3 Å². The minimum atomic E-state index is -4.62. The molecule has 36 heavy (non-hydrogen) atoms. The lowest BCUT2D eigenvalue weighted by Gasteiger charge is -2.34. The number of halogens is 3. The third kappa shape index (κ3) is 4.39. The summed E-state index contributed by atoms with van der Waals surface area (Å²) in [6, 6.07) is 12.2. The van der Waals surface area contributed by atoms with Crippen LogP contribution in [-0.2, 0) is 23.1 Å². The van der Waals surface area contributed by atoms with E-state index in [0.29, 0.717) is 38.4 Å². The second kappa shape index (κ2) is 9.12. The average molecular weight is 501 g/mol. The number of likely N-dealkylation sites (tertiary alicyclic amines) is 1. The number of carbonyl (C=O) groups excluding carboxylic acids is 1. The number of benzene rings is 1. The van der Waals surface area contributed by atoms with Gasteiger partial charge < -0.3 is 20.7 Å². The molecule has 8 nitrogen and oxygen atoms in total. The number of alkyl halides is 3. The molecule has 1 aromatic carbocycles. The van der Waals surface area contributed by atoms with Gasteiger partial charge in [-0.15, -0.1) is 0 Å². The summed E-state index contributed by atoms with van der Waals surface area (Å²) in [5.74, 6) is -0.576. The first-order chi connectivity index (χ1) is 17.2. The Hall–Kier alpha value is -3.60. The highest BCUT2D eigenvalue weighted by atomic mass is 19.4. The molecular formula is C25H27F3N6O2. The monoisotopic (exact) mass is 500 g/mol. The van der Waals surface area contributed by atoms with E-state index in [1.165, 1.54) is 6.20 Å². The Morgan fingerprint density at radius 2 is 2.03 bits per heavy atom. The quantitative estimate of drug-likeness (QED) is 0.556. The van der Waals surface area contributed by atoms with E-state index >= 15 is 0 Å². The summed E-state index contributed by atoms with van der Waals surface area (Å²) in [5.41, 5.74) is 6.02. The van der Waals surface area contributed by atoms with Gasteiger partial charge in [0.1, 0.15) is 11.4 Å². The number of amides is 2. The molecule has 0 aliphatic carbocycles. The number of hydrogen-bond acceptors (Lipinski definition) is 5. The number of nitrogens with two attached hydrogens (primary N) is 1. The first-order valence-corrected chi connectivity index (χ1v) is 11.9. The van der Waals surface area contributed by atoms with Crippen LogP contribution in [0.15, 0.2) is 48.7 Å². The summed E-state index contributed by atoms with van der Waals surface area (Å²) in [6.07, 6.45) is -2.03. The summed E-state index contributed by atoms with van der Waals surface area (Å²) < 4.78 is 48.0. The van der Waals surface area contributed by atoms with E-state index in [1.54, 1.807) is 15.6 Å². The highest BCUT2D eigenvalue weighted by Gasteiger charge is 2.47. The molecule has 1 spiro atoms. The van der Waals surface area contributed by atoms with Gasteiger partial charge >= 0.3 is 12.2 Å². The van der Waals surface area contributed by atoms with Crippen LogP contribution in [0.2, 0.25) is 0 Å². The fourth-order valence-corrected chi connectivity index (χ4v) is 4.97. The van der Waals surface area contributed by atoms with E-state index in [1.807, 2.05) is 37.3 Å². The molecule has 1 unspecified atom stereocenters. The van der Waals surface area contributed by atoms with Crippen molar-refractivity contribution < 1.29 is 22.7 Å². The number of ether oxygens (including phenoxy) is 1. The Kier molecular flexibility index (Phi) is 6.11. The summed E-state index contributed by atoms with van der Waals surface area (Å²) in [7, 11) is 0. The van der Waals surface area contributed by atoms with Crippen molar-refractivity contribution in [1.82, 2.24) is 25.0 Å². The molecular weight excluding hydrogens is 473 g/mol. The summed E-state index contributed by atoms with van der Waals surface area (Å²) in [4.78, 5) is 18.6. The highest BCUT2D eigenvalue weighted by molar-refractivity contribution is 5.75. The number of hydrogen-bond donors (Lipinski definition) is 2. The predicted molar refractivity (Wildman–Crippen MR) is 127 cm³/mol. The maximum Gasteiger partial charge on any atom is 0.419 e. The second-order valence-electron chi connectivity index (χ2n) is 9.13. The van der Waals surface area contributed by atoms with Gasteiger partial charge in [0.25, 0.3) is 0 Å². The topological polar surface area (TPSA) is 98.3 Å². The summed E-state index contributed by atoms with van der Waals surface area (Å²) in [6.45, 7) is 3.68. The van der Waals surface area contributed by atoms with Gasteiger partial charge in [0.2, 0.25) is 0 Å². The molecule has 2 atom stereocenters. The zero-order valence-electron chi connectivity index (χ0n) is 19.8. The Balaban J connectivity index is 1.37. The molecule has 0 radical (unpaired) electrons. The molecule has 2 aromatic heterocycles. The minimum Gasteiger partial charge on any atom is -0.383 e. The minimum absolute atomic E-state index is 0.111. The Morgan fingerprint density at radius 3 is 2.75 bits per heavy atom. The van der Waals surface area contributed by atoms with E-state index < -0.39 is 23.2 Å². The number of pyridine rings is 1. The molecule has 3 aromatic rings. The summed E-state index contributed by atoms with van der Waals surface area (Å²) >= 11 is 0. The zero-order valence-corrected chi connectivity index (χ0v) is 19.8. The van der Waals surface area contributed by atoms with Crippen LogP contribution in [0.5, 0.6) is 0 Å². The largest absolute Gasteiger partial charge is 0.419 e. The van der Waals surface area contributed by atoms with Gasteiger partial charge in [-0.3, -0.25) is 4.68 Å². The predicted octanol–water partition coefficient (Wildman–Crippen LogP) is 4.34.